The van der Waals surface area contributed by atoms with Crippen LogP contribution in [0.5, 0.6) is 0 Å². The van der Waals surface area contributed by atoms with Crippen LogP contribution in [0.1, 0.15) is 16.1 Å². The molecule has 0 aliphatic heterocycles. The number of nitrogens with one attached hydrogen (secondary N) is 1. The zero-order valence-corrected chi connectivity index (χ0v) is 14.9. The largest absolute Gasteiger partial charge is 0.322 e. The van der Waals surface area contributed by atoms with Gasteiger partial charge in [0.2, 0.25) is 5.78 Å². The maximum atomic E-state index is 12.4. The molecular weight excluding hydrogens is 358 g/mol. The first-order chi connectivity index (χ1) is 13.5. The first-order valence-corrected chi connectivity index (χ1v) is 8.49. The van der Waals surface area contributed by atoms with E-state index < -0.39 is 4.92 Å². The van der Waals surface area contributed by atoms with E-state index in [9.17, 15) is 14.9 Å². The Morgan fingerprint density at radius 1 is 1.14 bits per heavy atom. The lowest BCUT2D eigenvalue weighted by Crippen LogP contribution is -2.11. The monoisotopic (exact) mass is 373 g/mol. The van der Waals surface area contributed by atoms with Gasteiger partial charge in [-0.15, -0.1) is 0 Å². The normalized spacial score (nSPS) is 10.8. The summed E-state index contributed by atoms with van der Waals surface area (Å²) >= 11 is 0. The Morgan fingerprint density at radius 2 is 1.93 bits per heavy atom. The number of aromatic nitrogens is 3. The zero-order valence-electron chi connectivity index (χ0n) is 14.9. The molecule has 138 valence electrons. The average Bonchev–Trinajstić information content (AvgIpc) is 3.05. The van der Waals surface area contributed by atoms with E-state index in [4.69, 9.17) is 0 Å². The quantitative estimate of drug-likeness (QED) is 0.432. The summed E-state index contributed by atoms with van der Waals surface area (Å²) in [7, 11) is 0. The predicted molar refractivity (Wildman–Crippen MR) is 104 cm³/mol. The van der Waals surface area contributed by atoms with Crippen molar-refractivity contribution >= 4 is 23.1 Å². The van der Waals surface area contributed by atoms with Crippen molar-refractivity contribution in [2.75, 3.05) is 5.32 Å². The summed E-state index contributed by atoms with van der Waals surface area (Å²) in [6.07, 6.45) is 3.58. The number of imidazole rings is 1. The molecule has 0 aliphatic rings. The van der Waals surface area contributed by atoms with Crippen molar-refractivity contribution in [2.24, 2.45) is 0 Å². The fraction of sp³-hybridized carbons (Fsp3) is 0.0500. The van der Waals surface area contributed by atoms with Crippen LogP contribution in [0.4, 0.5) is 11.4 Å². The standard InChI is InChI=1S/C20H15N5O3/c1-13-18(23-20-21-10-3-11-24(13)20)15-4-2-5-16(12-15)22-19(26)14-6-8-17(9-7-14)25(27)28/h2-12H,1H3,(H,22,26). The van der Waals surface area contributed by atoms with Crippen LogP contribution in [-0.2, 0) is 0 Å². The molecule has 0 aliphatic carbocycles. The summed E-state index contributed by atoms with van der Waals surface area (Å²) < 4.78 is 1.90. The Kier molecular flexibility index (Phi) is 4.29. The molecule has 8 heteroatoms. The summed E-state index contributed by atoms with van der Waals surface area (Å²) in [5.41, 5.74) is 3.46. The van der Waals surface area contributed by atoms with E-state index in [1.165, 1.54) is 24.3 Å². The second-order valence-corrected chi connectivity index (χ2v) is 6.17. The summed E-state index contributed by atoms with van der Waals surface area (Å²) in [6, 6.07) is 14.6. The van der Waals surface area contributed by atoms with E-state index in [0.29, 0.717) is 17.0 Å². The molecule has 4 rings (SSSR count). The van der Waals surface area contributed by atoms with Gasteiger partial charge in [-0.2, -0.15) is 0 Å². The van der Waals surface area contributed by atoms with Crippen LogP contribution in [0.15, 0.2) is 67.0 Å². The minimum absolute atomic E-state index is 0.0607. The maximum Gasteiger partial charge on any atom is 0.269 e. The summed E-state index contributed by atoms with van der Waals surface area (Å²) in [5, 5.41) is 13.5. The number of aryl methyl sites for hydroxylation is 1. The van der Waals surface area contributed by atoms with Crippen molar-refractivity contribution in [1.82, 2.24) is 14.4 Å². The topological polar surface area (TPSA) is 102 Å². The van der Waals surface area contributed by atoms with Crippen LogP contribution in [0.3, 0.4) is 0 Å². The third-order valence-corrected chi connectivity index (χ3v) is 4.38. The SMILES string of the molecule is Cc1c(-c2cccc(NC(=O)c3ccc([N+](=O)[O-])cc3)c2)nc2ncccn12. The first kappa shape index (κ1) is 17.3. The number of nitro benzene ring substituents is 1. The highest BCUT2D eigenvalue weighted by Gasteiger charge is 2.13. The van der Waals surface area contributed by atoms with Crippen LogP contribution in [0.2, 0.25) is 0 Å². The fourth-order valence-electron chi connectivity index (χ4n) is 2.96. The highest BCUT2D eigenvalue weighted by molar-refractivity contribution is 6.04. The molecule has 0 bridgehead atoms. The number of carbonyl (C=O) groups is 1. The molecular formula is C20H15N5O3. The molecule has 0 unspecified atom stereocenters. The number of fused-ring (bicyclic) bond motifs is 1. The zero-order chi connectivity index (χ0) is 19.7. The molecule has 2 aromatic carbocycles. The molecule has 0 saturated heterocycles. The van der Waals surface area contributed by atoms with Gasteiger partial charge in [-0.3, -0.25) is 19.3 Å². The van der Waals surface area contributed by atoms with E-state index in [1.807, 2.05) is 41.8 Å². The lowest BCUT2D eigenvalue weighted by molar-refractivity contribution is -0.384. The molecule has 0 atom stereocenters. The number of nitro groups is 1. The van der Waals surface area contributed by atoms with Crippen molar-refractivity contribution in [1.29, 1.82) is 0 Å². The highest BCUT2D eigenvalue weighted by atomic mass is 16.6. The number of amides is 1. The number of nitrogens with zero attached hydrogens (tertiary/aromatic N) is 4. The molecule has 4 aromatic rings. The number of benzene rings is 2. The summed E-state index contributed by atoms with van der Waals surface area (Å²) in [6.45, 7) is 1.96. The predicted octanol–water partition coefficient (Wildman–Crippen LogP) is 3.87. The van der Waals surface area contributed by atoms with Crippen LogP contribution < -0.4 is 5.32 Å². The van der Waals surface area contributed by atoms with Gasteiger partial charge in [0, 0.05) is 47.0 Å². The smallest absolute Gasteiger partial charge is 0.269 e. The van der Waals surface area contributed by atoms with Crippen molar-refractivity contribution < 1.29 is 9.72 Å². The molecule has 8 nitrogen and oxygen atoms in total. The molecule has 1 amide bonds. The number of carbonyl (C=O) groups excluding carboxylic acids is 1. The van der Waals surface area contributed by atoms with E-state index in [1.54, 1.807) is 12.3 Å². The minimum atomic E-state index is -0.503. The van der Waals surface area contributed by atoms with Crippen molar-refractivity contribution in [3.05, 3.63) is 88.4 Å². The van der Waals surface area contributed by atoms with E-state index >= 15 is 0 Å². The van der Waals surface area contributed by atoms with Crippen LogP contribution in [0, 0.1) is 17.0 Å². The first-order valence-electron chi connectivity index (χ1n) is 8.49. The fourth-order valence-corrected chi connectivity index (χ4v) is 2.96. The van der Waals surface area contributed by atoms with Gasteiger partial charge in [-0.25, -0.2) is 9.97 Å². The van der Waals surface area contributed by atoms with Gasteiger partial charge in [0.25, 0.3) is 11.6 Å². The van der Waals surface area contributed by atoms with Crippen LogP contribution >= 0.6 is 0 Å². The Morgan fingerprint density at radius 3 is 2.64 bits per heavy atom. The summed E-state index contributed by atoms with van der Waals surface area (Å²) in [5.74, 6) is 0.260. The average molecular weight is 373 g/mol. The van der Waals surface area contributed by atoms with Gasteiger partial charge in [-0.1, -0.05) is 12.1 Å². The van der Waals surface area contributed by atoms with Crippen molar-refractivity contribution in [3.63, 3.8) is 0 Å². The lowest BCUT2D eigenvalue weighted by atomic mass is 10.1. The second kappa shape index (κ2) is 6.92. The molecule has 0 fully saturated rings. The second-order valence-electron chi connectivity index (χ2n) is 6.17. The number of anilines is 1. The number of rotatable bonds is 4. The summed E-state index contributed by atoms with van der Waals surface area (Å²) in [4.78, 5) is 31.5. The van der Waals surface area contributed by atoms with E-state index in [-0.39, 0.29) is 11.6 Å². The van der Waals surface area contributed by atoms with Gasteiger partial charge < -0.3 is 5.32 Å². The Bertz CT molecular complexity index is 1200. The lowest BCUT2D eigenvalue weighted by Gasteiger charge is -2.07. The minimum Gasteiger partial charge on any atom is -0.322 e. The number of non-ortho nitro benzene ring substituents is 1. The molecule has 0 saturated carbocycles. The van der Waals surface area contributed by atoms with Crippen molar-refractivity contribution in [3.8, 4) is 11.3 Å². The van der Waals surface area contributed by atoms with Gasteiger partial charge >= 0.3 is 0 Å². The van der Waals surface area contributed by atoms with Crippen LogP contribution in [-0.4, -0.2) is 25.2 Å². The van der Waals surface area contributed by atoms with Crippen LogP contribution in [0.25, 0.3) is 17.0 Å². The molecule has 2 aromatic heterocycles. The molecule has 0 spiro atoms. The van der Waals surface area contributed by atoms with E-state index in [0.717, 1.165) is 17.0 Å². The molecule has 28 heavy (non-hydrogen) atoms. The van der Waals surface area contributed by atoms with Gasteiger partial charge in [0.15, 0.2) is 0 Å². The third kappa shape index (κ3) is 3.18. The Hall–Kier alpha value is -4.07. The molecule has 2 heterocycles. The Labute approximate surface area is 159 Å². The highest BCUT2D eigenvalue weighted by Crippen LogP contribution is 2.26. The third-order valence-electron chi connectivity index (χ3n) is 4.38. The molecule has 1 N–H and O–H groups in total. The van der Waals surface area contributed by atoms with Gasteiger partial charge in [0.1, 0.15) is 0 Å². The molecule has 0 radical (unpaired) electrons. The Balaban J connectivity index is 1.60. The number of hydrogen-bond acceptors (Lipinski definition) is 5. The van der Waals surface area contributed by atoms with Gasteiger partial charge in [-0.05, 0) is 37.3 Å². The van der Waals surface area contributed by atoms with Crippen molar-refractivity contribution in [2.45, 2.75) is 6.92 Å². The number of hydrogen-bond donors (Lipinski definition) is 1. The van der Waals surface area contributed by atoms with E-state index in [2.05, 4.69) is 15.3 Å². The van der Waals surface area contributed by atoms with Gasteiger partial charge in [0.05, 0.1) is 10.6 Å². The maximum absolute atomic E-state index is 12.4.